The molecule has 0 spiro atoms. The largest absolute Gasteiger partial charge is 0.446 e. The predicted octanol–water partition coefficient (Wildman–Crippen LogP) is 2.37. The first kappa shape index (κ1) is 23.9. The van der Waals surface area contributed by atoms with Crippen molar-refractivity contribution in [2.24, 2.45) is 0 Å². The number of alkyl halides is 3. The van der Waals surface area contributed by atoms with Gasteiger partial charge in [-0.25, -0.2) is 0 Å². The van der Waals surface area contributed by atoms with Crippen molar-refractivity contribution in [2.45, 2.75) is 12.6 Å². The third-order valence-electron chi connectivity index (χ3n) is 2.43. The molecular weight excluding hydrogens is 323 g/mol. The molecule has 136 valence electrons. The van der Waals surface area contributed by atoms with E-state index in [9.17, 15) is 18.0 Å². The minimum absolute atomic E-state index is 0.793. The molecule has 0 aliphatic heterocycles. The van der Waals surface area contributed by atoms with E-state index in [4.69, 9.17) is 4.79 Å². The molecule has 3 N–H and O–H groups in total. The van der Waals surface area contributed by atoms with Crippen LogP contribution in [0.25, 0.3) is 0 Å². The molecule has 1 aromatic rings. The van der Waals surface area contributed by atoms with Gasteiger partial charge in [0, 0.05) is 32.0 Å². The summed E-state index contributed by atoms with van der Waals surface area (Å²) in [7, 11) is 5.61. The summed E-state index contributed by atoms with van der Waals surface area (Å²) < 4.78 is 31.2. The lowest BCUT2D eigenvalue weighted by atomic mass is 10.3. The summed E-state index contributed by atoms with van der Waals surface area (Å²) in [5, 5.41) is 8.95. The number of rotatable bonds is 6. The number of aldehydes is 2. The molecule has 0 aliphatic rings. The second-order valence-corrected chi connectivity index (χ2v) is 4.21. The summed E-state index contributed by atoms with van der Waals surface area (Å²) >= 11 is 0. The lowest BCUT2D eigenvalue weighted by Gasteiger charge is -2.03. The molecule has 24 heavy (non-hydrogen) atoms. The van der Waals surface area contributed by atoms with Gasteiger partial charge >= 0.3 is 6.18 Å². The molecule has 0 radical (unpaired) electrons. The highest BCUT2D eigenvalue weighted by Crippen LogP contribution is 2.08. The molecule has 0 saturated heterocycles. The van der Waals surface area contributed by atoms with Gasteiger partial charge in [-0.3, -0.25) is 9.59 Å². The fraction of sp³-hybridized carbons (Fsp3) is 0.375. The summed E-state index contributed by atoms with van der Waals surface area (Å²) in [6, 6.07) is 10.1. The molecule has 0 aromatic heterocycles. The molecule has 0 fully saturated rings. The van der Waals surface area contributed by atoms with Crippen molar-refractivity contribution in [1.29, 1.82) is 0 Å². The predicted molar refractivity (Wildman–Crippen MR) is 89.9 cm³/mol. The molecule has 0 amide bonds. The van der Waals surface area contributed by atoms with Crippen LogP contribution >= 0.6 is 0 Å². The van der Waals surface area contributed by atoms with E-state index in [1.54, 1.807) is 0 Å². The van der Waals surface area contributed by atoms with Gasteiger partial charge in [-0.15, -0.1) is 0 Å². The van der Waals surface area contributed by atoms with Crippen LogP contribution in [0.1, 0.15) is 6.42 Å². The summed E-state index contributed by atoms with van der Waals surface area (Å²) in [6.07, 6.45) is -2.50. The fourth-order valence-electron chi connectivity index (χ4n) is 1.24. The monoisotopic (exact) mass is 347 g/mol. The highest BCUT2D eigenvalue weighted by atomic mass is 19.4. The third-order valence-corrected chi connectivity index (χ3v) is 2.43. The van der Waals surface area contributed by atoms with Crippen molar-refractivity contribution >= 4 is 18.3 Å². The quantitative estimate of drug-likeness (QED) is 0.544. The molecule has 0 atom stereocenters. The Bertz CT molecular complexity index is 463. The van der Waals surface area contributed by atoms with Crippen LogP contribution in [-0.4, -0.2) is 46.4 Å². The lowest BCUT2D eigenvalue weighted by molar-refractivity contribution is -0.156. The molecular formula is C16H24F3N3O2. The Morgan fingerprint density at radius 1 is 1.08 bits per heavy atom. The van der Waals surface area contributed by atoms with Gasteiger partial charge in [0.2, 0.25) is 6.29 Å². The van der Waals surface area contributed by atoms with E-state index in [0.29, 0.717) is 0 Å². The number of anilines is 1. The maximum atomic E-state index is 10.4. The van der Waals surface area contributed by atoms with Crippen molar-refractivity contribution in [3.8, 4) is 0 Å². The van der Waals surface area contributed by atoms with E-state index in [1.807, 2.05) is 51.5 Å². The van der Waals surface area contributed by atoms with E-state index >= 15 is 0 Å². The second-order valence-electron chi connectivity index (χ2n) is 4.21. The maximum absolute atomic E-state index is 10.4. The Hall–Kier alpha value is -2.35. The number of carbonyl (C=O) groups is 2. The zero-order valence-electron chi connectivity index (χ0n) is 14.0. The van der Waals surface area contributed by atoms with Gasteiger partial charge in [0.1, 0.15) is 6.29 Å². The molecule has 1 rings (SSSR count). The summed E-state index contributed by atoms with van der Waals surface area (Å²) in [5.41, 5.74) is 2.12. The van der Waals surface area contributed by atoms with Gasteiger partial charge in [0.25, 0.3) is 0 Å². The Morgan fingerprint density at radius 3 is 1.92 bits per heavy atom. The SMILES string of the molecule is CNCC/C(=C/C=O)NC.CNc1ccccc1.O=CC(F)(F)F. The van der Waals surface area contributed by atoms with Crippen LogP contribution in [0.4, 0.5) is 18.9 Å². The van der Waals surface area contributed by atoms with Crippen LogP contribution in [0.2, 0.25) is 0 Å². The molecule has 0 saturated carbocycles. The van der Waals surface area contributed by atoms with Crippen molar-refractivity contribution in [2.75, 3.05) is 33.0 Å². The van der Waals surface area contributed by atoms with Gasteiger partial charge in [-0.1, -0.05) is 18.2 Å². The fourth-order valence-corrected chi connectivity index (χ4v) is 1.24. The van der Waals surface area contributed by atoms with Gasteiger partial charge in [-0.2, -0.15) is 13.2 Å². The van der Waals surface area contributed by atoms with E-state index in [-0.39, 0.29) is 0 Å². The van der Waals surface area contributed by atoms with Crippen LogP contribution in [0.3, 0.4) is 0 Å². The summed E-state index contributed by atoms with van der Waals surface area (Å²) in [6.45, 7) is 0.889. The minimum Gasteiger partial charge on any atom is -0.391 e. The zero-order valence-corrected chi connectivity index (χ0v) is 14.0. The van der Waals surface area contributed by atoms with E-state index in [0.717, 1.165) is 30.6 Å². The highest BCUT2D eigenvalue weighted by Gasteiger charge is 2.24. The van der Waals surface area contributed by atoms with Gasteiger partial charge in [0.05, 0.1) is 0 Å². The van der Waals surface area contributed by atoms with Crippen molar-refractivity contribution in [3.63, 3.8) is 0 Å². The number of carbonyl (C=O) groups excluding carboxylic acids is 2. The molecule has 0 unspecified atom stereocenters. The second kappa shape index (κ2) is 15.5. The smallest absolute Gasteiger partial charge is 0.391 e. The topological polar surface area (TPSA) is 70.2 Å². The number of hydrogen-bond acceptors (Lipinski definition) is 5. The van der Waals surface area contributed by atoms with Crippen LogP contribution in [0, 0.1) is 0 Å². The number of allylic oxidation sites excluding steroid dienone is 1. The van der Waals surface area contributed by atoms with E-state index in [1.165, 1.54) is 6.08 Å². The number of para-hydroxylation sites is 1. The molecule has 0 heterocycles. The summed E-state index contributed by atoms with van der Waals surface area (Å²) in [5.74, 6) is 0. The number of hydrogen-bond donors (Lipinski definition) is 3. The Kier molecular flexibility index (Phi) is 15.5. The number of benzene rings is 1. The minimum atomic E-state index is -4.64. The Labute approximate surface area is 140 Å². The maximum Gasteiger partial charge on any atom is 0.446 e. The van der Waals surface area contributed by atoms with Crippen LogP contribution in [-0.2, 0) is 9.59 Å². The van der Waals surface area contributed by atoms with Crippen LogP contribution in [0.15, 0.2) is 42.1 Å². The highest BCUT2D eigenvalue weighted by molar-refractivity contribution is 5.65. The normalized spacial score (nSPS) is 10.3. The number of halogens is 3. The van der Waals surface area contributed by atoms with Crippen LogP contribution in [0.5, 0.6) is 0 Å². The van der Waals surface area contributed by atoms with Crippen molar-refractivity contribution in [1.82, 2.24) is 10.6 Å². The number of nitrogens with one attached hydrogen (secondary N) is 3. The molecule has 1 aromatic carbocycles. The van der Waals surface area contributed by atoms with Crippen molar-refractivity contribution < 1.29 is 22.8 Å². The summed E-state index contributed by atoms with van der Waals surface area (Å²) in [4.78, 5) is 18.7. The lowest BCUT2D eigenvalue weighted by Crippen LogP contribution is -2.14. The van der Waals surface area contributed by atoms with Gasteiger partial charge in [-0.05, 0) is 31.7 Å². The first-order chi connectivity index (χ1) is 11.3. The van der Waals surface area contributed by atoms with E-state index in [2.05, 4.69) is 16.0 Å². The van der Waals surface area contributed by atoms with Crippen molar-refractivity contribution in [3.05, 3.63) is 42.1 Å². The van der Waals surface area contributed by atoms with Gasteiger partial charge < -0.3 is 16.0 Å². The Balaban J connectivity index is 0. The average Bonchev–Trinajstić information content (AvgIpc) is 2.59. The average molecular weight is 347 g/mol. The molecule has 0 aliphatic carbocycles. The molecule has 0 bridgehead atoms. The first-order valence-corrected chi connectivity index (χ1v) is 7.07. The van der Waals surface area contributed by atoms with Gasteiger partial charge in [0.15, 0.2) is 0 Å². The standard InChI is InChI=1S/C7H14N2O.C7H9N.C2HF3O/c1-8-5-3-7(9-2)4-6-10;1-8-7-5-3-2-4-6-7;3-2(4,5)1-6/h4,6,8-9H,3,5H2,1-2H3;2-6,8H,1H3;1H/b7-4-;;. The van der Waals surface area contributed by atoms with Crippen LogP contribution < -0.4 is 16.0 Å². The zero-order chi connectivity index (χ0) is 18.8. The van der Waals surface area contributed by atoms with E-state index < -0.39 is 12.5 Å². The Morgan fingerprint density at radius 2 is 1.62 bits per heavy atom. The first-order valence-electron chi connectivity index (χ1n) is 7.07. The third kappa shape index (κ3) is 17.7. The molecule has 5 nitrogen and oxygen atoms in total. The molecule has 8 heteroatoms.